The molecule has 2 N–H and O–H groups in total. The lowest BCUT2D eigenvalue weighted by Crippen LogP contribution is -2.24. The van der Waals surface area contributed by atoms with Crippen molar-refractivity contribution >= 4 is 23.6 Å². The van der Waals surface area contributed by atoms with Crippen molar-refractivity contribution in [2.75, 3.05) is 5.32 Å². The molecule has 2 aromatic heterocycles. The lowest BCUT2D eigenvalue weighted by molar-refractivity contribution is -0.118. The Labute approximate surface area is 216 Å². The summed E-state index contributed by atoms with van der Waals surface area (Å²) in [5, 5.41) is 10.7. The molecule has 1 unspecified atom stereocenters. The van der Waals surface area contributed by atoms with E-state index in [0.29, 0.717) is 6.54 Å². The number of carbonyl (C=O) groups is 2. The Morgan fingerprint density at radius 3 is 2.54 bits per heavy atom. The number of benzene rings is 2. The second-order valence-electron chi connectivity index (χ2n) is 9.31. The molecule has 0 radical (unpaired) electrons. The molecular weight excluding hydrogens is 462 g/mol. The van der Waals surface area contributed by atoms with E-state index < -0.39 is 0 Å². The van der Waals surface area contributed by atoms with E-state index in [-0.39, 0.29) is 23.8 Å². The SMILES string of the molecule is CC(NC(=O)/C=C/c1cn(Cc2ccccc2)nc1-c1cccnc1)c1ccc(NC(=O)C2CC2)cc1. The first-order chi connectivity index (χ1) is 18.0. The normalized spacial score (nSPS) is 13.9. The number of hydrogen-bond acceptors (Lipinski definition) is 4. The van der Waals surface area contributed by atoms with Crippen molar-refractivity contribution in [3.05, 3.63) is 108 Å². The fourth-order valence-electron chi connectivity index (χ4n) is 4.09. The first-order valence-electron chi connectivity index (χ1n) is 12.5. The topological polar surface area (TPSA) is 88.9 Å². The van der Waals surface area contributed by atoms with E-state index in [4.69, 9.17) is 5.10 Å². The molecule has 5 rings (SSSR count). The Morgan fingerprint density at radius 2 is 1.84 bits per heavy atom. The summed E-state index contributed by atoms with van der Waals surface area (Å²) in [6.45, 7) is 2.56. The molecule has 37 heavy (non-hydrogen) atoms. The zero-order valence-corrected chi connectivity index (χ0v) is 20.7. The van der Waals surface area contributed by atoms with Crippen LogP contribution in [0.4, 0.5) is 5.69 Å². The first kappa shape index (κ1) is 24.2. The van der Waals surface area contributed by atoms with Crippen LogP contribution in [0.2, 0.25) is 0 Å². The quantitative estimate of drug-likeness (QED) is 0.314. The average molecular weight is 492 g/mol. The zero-order chi connectivity index (χ0) is 25.6. The van der Waals surface area contributed by atoms with Gasteiger partial charge in [-0.2, -0.15) is 5.10 Å². The molecule has 1 atom stereocenters. The Kier molecular flexibility index (Phi) is 7.21. The fourth-order valence-corrected chi connectivity index (χ4v) is 4.09. The van der Waals surface area contributed by atoms with Crippen LogP contribution in [0.1, 0.15) is 42.5 Å². The van der Waals surface area contributed by atoms with Crippen LogP contribution in [0.3, 0.4) is 0 Å². The lowest BCUT2D eigenvalue weighted by atomic mass is 10.1. The van der Waals surface area contributed by atoms with Gasteiger partial charge in [-0.15, -0.1) is 0 Å². The molecule has 0 bridgehead atoms. The minimum Gasteiger partial charge on any atom is -0.346 e. The first-order valence-corrected chi connectivity index (χ1v) is 12.5. The number of nitrogens with zero attached hydrogens (tertiary/aromatic N) is 3. The third kappa shape index (κ3) is 6.38. The fraction of sp³-hybridized carbons (Fsp3) is 0.200. The van der Waals surface area contributed by atoms with Crippen LogP contribution in [-0.4, -0.2) is 26.6 Å². The molecule has 1 aliphatic rings. The summed E-state index contributed by atoms with van der Waals surface area (Å²) in [6.07, 6.45) is 10.7. The van der Waals surface area contributed by atoms with Gasteiger partial charge >= 0.3 is 0 Å². The summed E-state index contributed by atoms with van der Waals surface area (Å²) < 4.78 is 1.88. The monoisotopic (exact) mass is 491 g/mol. The van der Waals surface area contributed by atoms with Crippen LogP contribution in [0.5, 0.6) is 0 Å². The molecule has 1 fully saturated rings. The molecule has 0 saturated heterocycles. The van der Waals surface area contributed by atoms with Gasteiger partial charge in [-0.05, 0) is 61.2 Å². The Bertz CT molecular complexity index is 1390. The molecule has 2 aromatic carbocycles. The standard InChI is InChI=1S/C30H29N5O2/c1-21(23-11-14-27(15-12-23)33-30(37)24-9-10-24)32-28(36)16-13-26-20-35(19-22-6-3-2-4-7-22)34-29(26)25-8-5-17-31-18-25/h2-8,11-18,20-21,24H,9-10,19H2,1H3,(H,32,36)(H,33,37)/b16-13+. The molecular formula is C30H29N5O2. The molecule has 7 heteroatoms. The van der Waals surface area contributed by atoms with E-state index in [9.17, 15) is 9.59 Å². The number of anilines is 1. The molecule has 1 aliphatic carbocycles. The molecule has 7 nitrogen and oxygen atoms in total. The molecule has 0 aliphatic heterocycles. The molecule has 2 amide bonds. The highest BCUT2D eigenvalue weighted by molar-refractivity contribution is 5.94. The van der Waals surface area contributed by atoms with E-state index in [1.807, 2.05) is 72.4 Å². The van der Waals surface area contributed by atoms with Crippen LogP contribution in [0, 0.1) is 5.92 Å². The number of hydrogen-bond donors (Lipinski definition) is 2. The zero-order valence-electron chi connectivity index (χ0n) is 20.7. The van der Waals surface area contributed by atoms with Gasteiger partial charge in [0.05, 0.1) is 12.6 Å². The van der Waals surface area contributed by atoms with Gasteiger partial charge in [-0.25, -0.2) is 0 Å². The Balaban J connectivity index is 1.26. The Morgan fingerprint density at radius 1 is 1.05 bits per heavy atom. The summed E-state index contributed by atoms with van der Waals surface area (Å²) in [5.74, 6) is 0.0392. The van der Waals surface area contributed by atoms with Gasteiger partial charge in [0, 0.05) is 47.4 Å². The average Bonchev–Trinajstić information content (AvgIpc) is 3.70. The number of aromatic nitrogens is 3. The summed E-state index contributed by atoms with van der Waals surface area (Å²) in [5.41, 5.74) is 5.36. The molecule has 2 heterocycles. The highest BCUT2D eigenvalue weighted by Crippen LogP contribution is 2.30. The highest BCUT2D eigenvalue weighted by atomic mass is 16.2. The number of nitrogens with one attached hydrogen (secondary N) is 2. The van der Waals surface area contributed by atoms with Crippen LogP contribution >= 0.6 is 0 Å². The molecule has 186 valence electrons. The predicted molar refractivity (Wildman–Crippen MR) is 144 cm³/mol. The third-order valence-corrected chi connectivity index (χ3v) is 6.31. The lowest BCUT2D eigenvalue weighted by Gasteiger charge is -2.14. The van der Waals surface area contributed by atoms with Gasteiger partial charge in [-0.3, -0.25) is 19.3 Å². The van der Waals surface area contributed by atoms with E-state index in [1.54, 1.807) is 18.5 Å². The van der Waals surface area contributed by atoms with Crippen molar-refractivity contribution in [1.82, 2.24) is 20.1 Å². The minimum absolute atomic E-state index is 0.0805. The van der Waals surface area contributed by atoms with Crippen LogP contribution in [0.15, 0.2) is 91.4 Å². The van der Waals surface area contributed by atoms with Gasteiger partial charge in [0.2, 0.25) is 11.8 Å². The van der Waals surface area contributed by atoms with Crippen LogP contribution in [-0.2, 0) is 16.1 Å². The van der Waals surface area contributed by atoms with Crippen molar-refractivity contribution in [1.29, 1.82) is 0 Å². The Hall–Kier alpha value is -4.52. The number of pyridine rings is 1. The number of rotatable bonds is 9. The largest absolute Gasteiger partial charge is 0.346 e. The van der Waals surface area contributed by atoms with Gasteiger partial charge in [-0.1, -0.05) is 42.5 Å². The second-order valence-corrected chi connectivity index (χ2v) is 9.31. The molecule has 1 saturated carbocycles. The van der Waals surface area contributed by atoms with E-state index in [0.717, 1.165) is 46.5 Å². The minimum atomic E-state index is -0.202. The second kappa shape index (κ2) is 11.0. The highest BCUT2D eigenvalue weighted by Gasteiger charge is 2.29. The summed E-state index contributed by atoms with van der Waals surface area (Å²) in [4.78, 5) is 28.9. The van der Waals surface area contributed by atoms with Gasteiger partial charge in [0.1, 0.15) is 5.69 Å². The van der Waals surface area contributed by atoms with Crippen molar-refractivity contribution in [2.24, 2.45) is 5.92 Å². The molecule has 4 aromatic rings. The predicted octanol–water partition coefficient (Wildman–Crippen LogP) is 5.23. The van der Waals surface area contributed by atoms with E-state index in [2.05, 4.69) is 27.8 Å². The van der Waals surface area contributed by atoms with Crippen LogP contribution < -0.4 is 10.6 Å². The summed E-state index contributed by atoms with van der Waals surface area (Å²) in [6, 6.07) is 21.3. The van der Waals surface area contributed by atoms with Crippen molar-refractivity contribution in [3.63, 3.8) is 0 Å². The van der Waals surface area contributed by atoms with Crippen molar-refractivity contribution < 1.29 is 9.59 Å². The maximum absolute atomic E-state index is 12.7. The number of amides is 2. The van der Waals surface area contributed by atoms with Gasteiger partial charge in [0.25, 0.3) is 0 Å². The number of carbonyl (C=O) groups excluding carboxylic acids is 2. The smallest absolute Gasteiger partial charge is 0.244 e. The van der Waals surface area contributed by atoms with Crippen molar-refractivity contribution in [3.8, 4) is 11.3 Å². The summed E-state index contributed by atoms with van der Waals surface area (Å²) >= 11 is 0. The van der Waals surface area contributed by atoms with E-state index in [1.165, 1.54) is 6.08 Å². The van der Waals surface area contributed by atoms with Crippen molar-refractivity contribution in [2.45, 2.75) is 32.4 Å². The van der Waals surface area contributed by atoms with Crippen LogP contribution in [0.25, 0.3) is 17.3 Å². The maximum Gasteiger partial charge on any atom is 0.244 e. The maximum atomic E-state index is 12.7. The van der Waals surface area contributed by atoms with E-state index >= 15 is 0 Å². The molecule has 0 spiro atoms. The third-order valence-electron chi connectivity index (χ3n) is 6.31. The van der Waals surface area contributed by atoms with Gasteiger partial charge in [0.15, 0.2) is 0 Å². The summed E-state index contributed by atoms with van der Waals surface area (Å²) in [7, 11) is 0. The van der Waals surface area contributed by atoms with Gasteiger partial charge < -0.3 is 10.6 Å².